The Labute approximate surface area is 171 Å². The molecule has 29 heavy (non-hydrogen) atoms. The first-order valence-corrected chi connectivity index (χ1v) is 9.69. The highest BCUT2D eigenvalue weighted by Gasteiger charge is 2.45. The van der Waals surface area contributed by atoms with Crippen LogP contribution in [0.5, 0.6) is 0 Å². The Morgan fingerprint density at radius 2 is 1.66 bits per heavy atom. The molecule has 1 fully saturated rings. The van der Waals surface area contributed by atoms with E-state index in [0.29, 0.717) is 12.2 Å². The predicted octanol–water partition coefficient (Wildman–Crippen LogP) is 4.05. The molecule has 1 atom stereocenters. The van der Waals surface area contributed by atoms with Crippen LogP contribution in [0.15, 0.2) is 60.2 Å². The van der Waals surface area contributed by atoms with E-state index in [9.17, 15) is 14.7 Å². The number of amides is 1. The Hall–Kier alpha value is -2.92. The van der Waals surface area contributed by atoms with Gasteiger partial charge in [-0.05, 0) is 16.5 Å². The van der Waals surface area contributed by atoms with Gasteiger partial charge in [-0.15, -0.1) is 0 Å². The number of ether oxygens (including phenoxy) is 1. The van der Waals surface area contributed by atoms with Gasteiger partial charge in [0.05, 0.1) is 18.2 Å². The normalized spacial score (nSPS) is 19.0. The average molecular weight is 393 g/mol. The summed E-state index contributed by atoms with van der Waals surface area (Å²) in [7, 11) is 1.55. The number of likely N-dealkylation sites (tertiary alicyclic amines) is 1. The highest BCUT2D eigenvalue weighted by molar-refractivity contribution is 6.46. The lowest BCUT2D eigenvalue weighted by Gasteiger charge is -2.26. The summed E-state index contributed by atoms with van der Waals surface area (Å²) >= 11 is 0. The van der Waals surface area contributed by atoms with E-state index in [-0.39, 0.29) is 23.3 Å². The SMILES string of the molecule is COCCN1C(=O)C(=O)/C(=C(/O)c2ccccc2)C1c1ccc(C(C)(C)C)cc1. The van der Waals surface area contributed by atoms with Gasteiger partial charge in [-0.2, -0.15) is 0 Å². The van der Waals surface area contributed by atoms with Crippen molar-refractivity contribution in [3.05, 3.63) is 76.9 Å². The summed E-state index contributed by atoms with van der Waals surface area (Å²) in [5, 5.41) is 10.9. The molecule has 0 aliphatic carbocycles. The fourth-order valence-electron chi connectivity index (χ4n) is 3.56. The molecule has 2 aromatic carbocycles. The van der Waals surface area contributed by atoms with Crippen LogP contribution in [-0.4, -0.2) is 42.0 Å². The van der Waals surface area contributed by atoms with Crippen molar-refractivity contribution < 1.29 is 19.4 Å². The molecule has 0 bridgehead atoms. The van der Waals surface area contributed by atoms with Gasteiger partial charge in [-0.25, -0.2) is 0 Å². The van der Waals surface area contributed by atoms with Crippen LogP contribution in [-0.2, 0) is 19.7 Å². The highest BCUT2D eigenvalue weighted by atomic mass is 16.5. The van der Waals surface area contributed by atoms with Gasteiger partial charge in [0.1, 0.15) is 5.76 Å². The standard InChI is InChI=1S/C24H27NO4/c1-24(2,3)18-12-10-16(11-13-18)20-19(21(26)17-8-6-5-7-9-17)22(27)23(28)25(20)14-15-29-4/h5-13,20,26H,14-15H2,1-4H3/b21-19+. The van der Waals surface area contributed by atoms with Crippen molar-refractivity contribution in [3.63, 3.8) is 0 Å². The van der Waals surface area contributed by atoms with Gasteiger partial charge in [0.25, 0.3) is 11.7 Å². The first-order chi connectivity index (χ1) is 13.8. The molecule has 3 rings (SSSR count). The van der Waals surface area contributed by atoms with Crippen molar-refractivity contribution in [1.29, 1.82) is 0 Å². The van der Waals surface area contributed by atoms with Crippen molar-refractivity contribution in [2.45, 2.75) is 32.2 Å². The van der Waals surface area contributed by atoms with E-state index < -0.39 is 17.7 Å². The molecule has 0 spiro atoms. The molecule has 1 aliphatic rings. The topological polar surface area (TPSA) is 66.8 Å². The van der Waals surface area contributed by atoms with Gasteiger partial charge in [-0.1, -0.05) is 75.4 Å². The lowest BCUT2D eigenvalue weighted by molar-refractivity contribution is -0.140. The molecule has 5 nitrogen and oxygen atoms in total. The van der Waals surface area contributed by atoms with E-state index >= 15 is 0 Å². The van der Waals surface area contributed by atoms with Gasteiger partial charge in [0, 0.05) is 19.2 Å². The molecule has 0 aromatic heterocycles. The maximum Gasteiger partial charge on any atom is 0.295 e. The van der Waals surface area contributed by atoms with Crippen LogP contribution in [0.25, 0.3) is 5.76 Å². The van der Waals surface area contributed by atoms with Gasteiger partial charge in [0.2, 0.25) is 0 Å². The highest BCUT2D eigenvalue weighted by Crippen LogP contribution is 2.39. The summed E-state index contributed by atoms with van der Waals surface area (Å²) < 4.78 is 5.13. The number of Topliss-reactive ketones (excluding diaryl/α,β-unsaturated/α-hetero) is 1. The molecule has 152 valence electrons. The minimum atomic E-state index is -0.674. The van der Waals surface area contributed by atoms with Crippen molar-refractivity contribution >= 4 is 17.4 Å². The maximum atomic E-state index is 12.9. The first-order valence-electron chi connectivity index (χ1n) is 9.69. The molecule has 1 amide bonds. The van der Waals surface area contributed by atoms with Gasteiger partial charge < -0.3 is 14.7 Å². The number of nitrogens with zero attached hydrogens (tertiary/aromatic N) is 1. The first kappa shape index (κ1) is 20.8. The number of benzene rings is 2. The zero-order valence-corrected chi connectivity index (χ0v) is 17.3. The number of carbonyl (C=O) groups is 2. The summed E-state index contributed by atoms with van der Waals surface area (Å²) in [6.07, 6.45) is 0. The molecular formula is C24H27NO4. The van der Waals surface area contributed by atoms with E-state index in [0.717, 1.165) is 11.1 Å². The third kappa shape index (κ3) is 4.10. The number of aliphatic hydroxyl groups is 1. The third-order valence-corrected chi connectivity index (χ3v) is 5.22. The number of methoxy groups -OCH3 is 1. The van der Waals surface area contributed by atoms with Crippen LogP contribution in [0.3, 0.4) is 0 Å². The molecular weight excluding hydrogens is 366 g/mol. The molecule has 1 heterocycles. The third-order valence-electron chi connectivity index (χ3n) is 5.22. The molecule has 0 saturated carbocycles. The monoisotopic (exact) mass is 393 g/mol. The quantitative estimate of drug-likeness (QED) is 0.473. The predicted molar refractivity (Wildman–Crippen MR) is 112 cm³/mol. The van der Waals surface area contributed by atoms with Crippen LogP contribution < -0.4 is 0 Å². The van der Waals surface area contributed by atoms with Crippen LogP contribution in [0.2, 0.25) is 0 Å². The molecule has 1 unspecified atom stereocenters. The summed E-state index contributed by atoms with van der Waals surface area (Å²) in [5.41, 5.74) is 2.54. The maximum absolute atomic E-state index is 12.9. The van der Waals surface area contributed by atoms with Crippen LogP contribution in [0.1, 0.15) is 43.5 Å². The second kappa shape index (κ2) is 8.21. The minimum Gasteiger partial charge on any atom is -0.507 e. The Bertz CT molecular complexity index is 924. The van der Waals surface area contributed by atoms with Crippen molar-refractivity contribution in [1.82, 2.24) is 4.90 Å². The van der Waals surface area contributed by atoms with E-state index in [1.165, 1.54) is 4.90 Å². The van der Waals surface area contributed by atoms with Crippen LogP contribution >= 0.6 is 0 Å². The zero-order chi connectivity index (χ0) is 21.2. The zero-order valence-electron chi connectivity index (χ0n) is 17.3. The van der Waals surface area contributed by atoms with Crippen LogP contribution in [0, 0.1) is 0 Å². The molecule has 1 N–H and O–H groups in total. The number of hydrogen-bond donors (Lipinski definition) is 1. The van der Waals surface area contributed by atoms with Crippen molar-refractivity contribution in [2.24, 2.45) is 0 Å². The summed E-state index contributed by atoms with van der Waals surface area (Å²) in [4.78, 5) is 27.1. The lowest BCUT2D eigenvalue weighted by atomic mass is 9.85. The van der Waals surface area contributed by atoms with E-state index in [1.54, 1.807) is 31.4 Å². The molecule has 2 aromatic rings. The molecule has 5 heteroatoms. The Morgan fingerprint density at radius 1 is 1.03 bits per heavy atom. The summed E-state index contributed by atoms with van der Waals surface area (Å²) in [5.74, 6) is -1.45. The average Bonchev–Trinajstić information content (AvgIpc) is 2.96. The van der Waals surface area contributed by atoms with Crippen LogP contribution in [0.4, 0.5) is 0 Å². The van der Waals surface area contributed by atoms with Crippen molar-refractivity contribution in [3.8, 4) is 0 Å². The number of aliphatic hydroxyl groups excluding tert-OH is 1. The molecule has 0 radical (unpaired) electrons. The van der Waals surface area contributed by atoms with E-state index in [4.69, 9.17) is 4.74 Å². The Balaban J connectivity index is 2.13. The number of rotatable bonds is 5. The molecule has 1 aliphatic heterocycles. The Kier molecular flexibility index (Phi) is 5.89. The van der Waals surface area contributed by atoms with Gasteiger partial charge in [-0.3, -0.25) is 9.59 Å². The van der Waals surface area contributed by atoms with Gasteiger partial charge in [0.15, 0.2) is 0 Å². The number of ketones is 1. The number of hydrogen-bond acceptors (Lipinski definition) is 4. The summed E-state index contributed by atoms with van der Waals surface area (Å²) in [6.45, 7) is 6.94. The fraction of sp³-hybridized carbons (Fsp3) is 0.333. The second-order valence-electron chi connectivity index (χ2n) is 8.22. The smallest absolute Gasteiger partial charge is 0.295 e. The fourth-order valence-corrected chi connectivity index (χ4v) is 3.56. The minimum absolute atomic E-state index is 0.0135. The largest absolute Gasteiger partial charge is 0.507 e. The van der Waals surface area contributed by atoms with E-state index in [1.807, 2.05) is 30.3 Å². The Morgan fingerprint density at radius 3 is 2.21 bits per heavy atom. The summed E-state index contributed by atoms with van der Waals surface area (Å²) in [6, 6.07) is 16.0. The van der Waals surface area contributed by atoms with Gasteiger partial charge >= 0.3 is 0 Å². The van der Waals surface area contributed by atoms with E-state index in [2.05, 4.69) is 20.8 Å². The lowest BCUT2D eigenvalue weighted by Crippen LogP contribution is -2.32. The number of carbonyl (C=O) groups excluding carboxylic acids is 2. The van der Waals surface area contributed by atoms with Crippen molar-refractivity contribution in [2.75, 3.05) is 20.3 Å². The second-order valence-corrected chi connectivity index (χ2v) is 8.22. The molecule has 1 saturated heterocycles.